The first kappa shape index (κ1) is 13.5. The Hall–Kier alpha value is -1.88. The number of hydrogen-bond acceptors (Lipinski definition) is 3. The second-order valence-electron chi connectivity index (χ2n) is 4.26. The Labute approximate surface area is 111 Å². The van der Waals surface area contributed by atoms with E-state index in [9.17, 15) is 9.50 Å². The molecular formula is C14H17FN2O2. The van der Waals surface area contributed by atoms with E-state index in [1.165, 1.54) is 19.2 Å². The van der Waals surface area contributed by atoms with E-state index < -0.39 is 6.10 Å². The Morgan fingerprint density at radius 2 is 2.26 bits per heavy atom. The number of halogens is 1. The Balaban J connectivity index is 2.24. The molecule has 0 spiro atoms. The second kappa shape index (κ2) is 5.84. The van der Waals surface area contributed by atoms with Gasteiger partial charge < -0.3 is 9.84 Å². The van der Waals surface area contributed by atoms with Gasteiger partial charge in [-0.05, 0) is 24.6 Å². The molecular weight excluding hydrogens is 247 g/mol. The maximum absolute atomic E-state index is 13.1. The van der Waals surface area contributed by atoms with Gasteiger partial charge in [0.1, 0.15) is 17.6 Å². The first-order valence-electron chi connectivity index (χ1n) is 6.18. The molecule has 1 aromatic heterocycles. The van der Waals surface area contributed by atoms with Gasteiger partial charge in [-0.2, -0.15) is 5.10 Å². The molecule has 0 aliphatic heterocycles. The van der Waals surface area contributed by atoms with Crippen molar-refractivity contribution in [1.82, 2.24) is 9.78 Å². The Morgan fingerprint density at radius 3 is 2.89 bits per heavy atom. The zero-order chi connectivity index (χ0) is 13.8. The lowest BCUT2D eigenvalue weighted by Gasteiger charge is -2.14. The van der Waals surface area contributed by atoms with Crippen LogP contribution in [0.2, 0.25) is 0 Å². The molecule has 0 aliphatic rings. The first-order valence-corrected chi connectivity index (χ1v) is 6.18. The predicted octanol–water partition coefficient (Wildman–Crippen LogP) is 2.33. The molecule has 1 unspecified atom stereocenters. The highest BCUT2D eigenvalue weighted by Gasteiger charge is 2.19. The van der Waals surface area contributed by atoms with E-state index in [0.717, 1.165) is 5.56 Å². The van der Waals surface area contributed by atoms with Crippen molar-refractivity contribution in [3.8, 4) is 5.75 Å². The molecule has 1 aromatic carbocycles. The molecule has 0 aliphatic carbocycles. The van der Waals surface area contributed by atoms with Crippen LogP contribution in [0, 0.1) is 5.82 Å². The van der Waals surface area contributed by atoms with E-state index >= 15 is 0 Å². The fraction of sp³-hybridized carbons (Fsp3) is 0.357. The molecule has 5 heteroatoms. The van der Waals surface area contributed by atoms with Crippen LogP contribution in [-0.2, 0) is 13.0 Å². The van der Waals surface area contributed by atoms with Gasteiger partial charge in [0, 0.05) is 13.0 Å². The summed E-state index contributed by atoms with van der Waals surface area (Å²) in [6.45, 7) is 2.57. The molecule has 1 N–H and O–H groups in total. The molecule has 2 aromatic rings. The van der Waals surface area contributed by atoms with Gasteiger partial charge in [0.05, 0.1) is 13.3 Å². The van der Waals surface area contributed by atoms with Gasteiger partial charge in [-0.15, -0.1) is 0 Å². The largest absolute Gasteiger partial charge is 0.493 e. The normalized spacial score (nSPS) is 12.4. The van der Waals surface area contributed by atoms with Gasteiger partial charge in [0.15, 0.2) is 5.75 Å². The van der Waals surface area contributed by atoms with Crippen molar-refractivity contribution >= 4 is 0 Å². The van der Waals surface area contributed by atoms with Crippen molar-refractivity contribution in [2.24, 2.45) is 0 Å². The summed E-state index contributed by atoms with van der Waals surface area (Å²) in [5.74, 6) is 0.242. The number of ether oxygens (including phenoxy) is 1. The fourth-order valence-electron chi connectivity index (χ4n) is 2.11. The van der Waals surface area contributed by atoms with Crippen LogP contribution in [0.4, 0.5) is 4.39 Å². The zero-order valence-electron chi connectivity index (χ0n) is 11.0. The molecule has 1 atom stereocenters. The minimum absolute atomic E-state index is 0.305. The maximum Gasteiger partial charge on any atom is 0.162 e. The zero-order valence-corrected chi connectivity index (χ0v) is 11.0. The van der Waals surface area contributed by atoms with Crippen molar-refractivity contribution < 1.29 is 14.2 Å². The molecule has 19 heavy (non-hydrogen) atoms. The summed E-state index contributed by atoms with van der Waals surface area (Å²) >= 11 is 0. The summed E-state index contributed by atoms with van der Waals surface area (Å²) in [6.07, 6.45) is 1.12. The van der Waals surface area contributed by atoms with Crippen molar-refractivity contribution in [3.05, 3.63) is 47.5 Å². The summed E-state index contributed by atoms with van der Waals surface area (Å²) < 4.78 is 20.0. The Kier molecular flexibility index (Phi) is 4.16. The summed E-state index contributed by atoms with van der Waals surface area (Å²) in [4.78, 5) is 0. The lowest BCUT2D eigenvalue weighted by Crippen LogP contribution is -2.11. The monoisotopic (exact) mass is 264 g/mol. The number of aryl methyl sites for hydroxylation is 1. The molecule has 0 saturated carbocycles. The van der Waals surface area contributed by atoms with Crippen LogP contribution in [0.3, 0.4) is 0 Å². The number of rotatable bonds is 5. The highest BCUT2D eigenvalue weighted by molar-refractivity contribution is 5.29. The van der Waals surface area contributed by atoms with Crippen LogP contribution in [0.15, 0.2) is 30.5 Å². The molecule has 0 radical (unpaired) electrons. The third-order valence-corrected chi connectivity index (χ3v) is 3.00. The summed E-state index contributed by atoms with van der Waals surface area (Å²) in [6, 6.07) is 6.21. The lowest BCUT2D eigenvalue weighted by molar-refractivity contribution is 0.162. The van der Waals surface area contributed by atoms with Crippen LogP contribution in [0.1, 0.15) is 24.3 Å². The molecule has 1 heterocycles. The maximum atomic E-state index is 13.1. The second-order valence-corrected chi connectivity index (χ2v) is 4.26. The van der Waals surface area contributed by atoms with E-state index in [1.54, 1.807) is 23.0 Å². The van der Waals surface area contributed by atoms with E-state index in [2.05, 4.69) is 5.10 Å². The third kappa shape index (κ3) is 2.93. The van der Waals surface area contributed by atoms with Gasteiger partial charge in [0.25, 0.3) is 0 Å². The molecule has 4 nitrogen and oxygen atoms in total. The number of aliphatic hydroxyl groups is 1. The third-order valence-electron chi connectivity index (χ3n) is 3.00. The van der Waals surface area contributed by atoms with Crippen molar-refractivity contribution in [2.45, 2.75) is 26.0 Å². The van der Waals surface area contributed by atoms with Crippen molar-refractivity contribution in [1.29, 1.82) is 0 Å². The van der Waals surface area contributed by atoms with Gasteiger partial charge in [-0.3, -0.25) is 4.68 Å². The van der Waals surface area contributed by atoms with E-state index in [1.807, 2.05) is 6.92 Å². The van der Waals surface area contributed by atoms with Crippen LogP contribution < -0.4 is 4.74 Å². The number of methoxy groups -OCH3 is 1. The molecule has 0 amide bonds. The number of benzene rings is 1. The highest BCUT2D eigenvalue weighted by Crippen LogP contribution is 2.27. The molecule has 2 rings (SSSR count). The predicted molar refractivity (Wildman–Crippen MR) is 69.5 cm³/mol. The van der Waals surface area contributed by atoms with E-state index in [0.29, 0.717) is 24.4 Å². The van der Waals surface area contributed by atoms with E-state index in [4.69, 9.17) is 4.74 Å². The number of aromatic nitrogens is 2. The standard InChI is InChI=1S/C14H17FN2O2/c1-3-17-14(13(19-2)9-16-17)12(18)8-10-5-4-6-11(15)7-10/h4-7,9,12,18H,3,8H2,1-2H3. The molecule has 0 saturated heterocycles. The van der Waals surface area contributed by atoms with Crippen LogP contribution in [0.5, 0.6) is 5.75 Å². The topological polar surface area (TPSA) is 47.3 Å². The highest BCUT2D eigenvalue weighted by atomic mass is 19.1. The minimum Gasteiger partial charge on any atom is -0.493 e. The fourth-order valence-corrected chi connectivity index (χ4v) is 2.11. The van der Waals surface area contributed by atoms with Gasteiger partial charge in [0.2, 0.25) is 0 Å². The van der Waals surface area contributed by atoms with Gasteiger partial charge in [-0.1, -0.05) is 12.1 Å². The smallest absolute Gasteiger partial charge is 0.162 e. The summed E-state index contributed by atoms with van der Waals surface area (Å²) in [5.41, 5.74) is 1.35. The van der Waals surface area contributed by atoms with Crippen LogP contribution >= 0.6 is 0 Å². The van der Waals surface area contributed by atoms with Gasteiger partial charge >= 0.3 is 0 Å². The summed E-state index contributed by atoms with van der Waals surface area (Å²) in [7, 11) is 1.54. The molecule has 0 fully saturated rings. The van der Waals surface area contributed by atoms with Crippen molar-refractivity contribution in [2.75, 3.05) is 7.11 Å². The average Bonchev–Trinajstić information content (AvgIpc) is 2.81. The summed E-state index contributed by atoms with van der Waals surface area (Å²) in [5, 5.41) is 14.5. The Morgan fingerprint density at radius 1 is 1.47 bits per heavy atom. The average molecular weight is 264 g/mol. The quantitative estimate of drug-likeness (QED) is 0.901. The number of hydrogen-bond donors (Lipinski definition) is 1. The van der Waals surface area contributed by atoms with Crippen molar-refractivity contribution in [3.63, 3.8) is 0 Å². The number of aliphatic hydroxyl groups excluding tert-OH is 1. The van der Waals surface area contributed by atoms with E-state index in [-0.39, 0.29) is 5.82 Å². The minimum atomic E-state index is -0.779. The van der Waals surface area contributed by atoms with Crippen LogP contribution in [-0.4, -0.2) is 22.0 Å². The SMILES string of the molecule is CCn1ncc(OC)c1C(O)Cc1cccc(F)c1. The van der Waals surface area contributed by atoms with Crippen LogP contribution in [0.25, 0.3) is 0 Å². The lowest BCUT2D eigenvalue weighted by atomic mass is 10.1. The van der Waals surface area contributed by atoms with Gasteiger partial charge in [-0.25, -0.2) is 4.39 Å². The molecule has 102 valence electrons. The first-order chi connectivity index (χ1) is 9.15. The number of nitrogens with zero attached hydrogens (tertiary/aromatic N) is 2. The Bertz CT molecular complexity index is 533. The molecule has 0 bridgehead atoms.